The van der Waals surface area contributed by atoms with Crippen LogP contribution in [-0.4, -0.2) is 14.5 Å². The van der Waals surface area contributed by atoms with Gasteiger partial charge in [-0.15, -0.1) is 0 Å². The van der Waals surface area contributed by atoms with Gasteiger partial charge in [-0.2, -0.15) is 0 Å². The van der Waals surface area contributed by atoms with Gasteiger partial charge in [0.05, 0.1) is 4.90 Å². The van der Waals surface area contributed by atoms with Gasteiger partial charge in [0.15, 0.2) is 0 Å². The number of ether oxygens (including phenoxy) is 1. The molecule has 156 valence electrons. The fraction of sp³-hybridized carbons (Fsp3) is 0.0952. The van der Waals surface area contributed by atoms with Crippen LogP contribution < -0.4 is 15.8 Å². The van der Waals surface area contributed by atoms with Crippen molar-refractivity contribution in [3.63, 3.8) is 0 Å². The Balaban J connectivity index is 1.72. The zero-order valence-corrected chi connectivity index (χ0v) is 17.4. The van der Waals surface area contributed by atoms with E-state index in [2.05, 4.69) is 10.0 Å². The lowest BCUT2D eigenvalue weighted by Gasteiger charge is -2.12. The number of rotatable bonds is 7. The predicted molar refractivity (Wildman–Crippen MR) is 117 cm³/mol. The summed E-state index contributed by atoms with van der Waals surface area (Å²) in [5, 5.41) is 2.64. The summed E-state index contributed by atoms with van der Waals surface area (Å²) in [4.78, 5) is 12.0. The first-order valence-electron chi connectivity index (χ1n) is 8.96. The summed E-state index contributed by atoms with van der Waals surface area (Å²) in [6.45, 7) is 0.364. The van der Waals surface area contributed by atoms with E-state index in [-0.39, 0.29) is 28.8 Å². The number of carbonyl (C=O) groups is 1. The third kappa shape index (κ3) is 5.96. The molecule has 0 spiro atoms. The number of hydrogen-bond acceptors (Lipinski definition) is 5. The van der Waals surface area contributed by atoms with Crippen molar-refractivity contribution in [2.24, 2.45) is 5.73 Å². The standard InChI is InChI=1S/C21H20ClN3O4S/c22-17-10-19(24-21(26)29-14-15-5-2-1-3-6-15)12-20(11-17)30(27,28)25-18-8-4-7-16(9-18)13-23/h1-12,25H,13-14,23H2,(H,24,26). The second-order valence-electron chi connectivity index (χ2n) is 6.37. The Kier molecular flexibility index (Phi) is 6.94. The van der Waals surface area contributed by atoms with Crippen LogP contribution in [0.3, 0.4) is 0 Å². The average molecular weight is 446 g/mol. The molecule has 4 N–H and O–H groups in total. The number of carbonyl (C=O) groups excluding carboxylic acids is 1. The minimum absolute atomic E-state index is 0.0808. The van der Waals surface area contributed by atoms with Crippen LogP contribution in [0.15, 0.2) is 77.7 Å². The normalized spacial score (nSPS) is 11.0. The summed E-state index contributed by atoms with van der Waals surface area (Å²) in [7, 11) is -3.94. The van der Waals surface area contributed by atoms with Gasteiger partial charge < -0.3 is 10.5 Å². The molecule has 0 bridgehead atoms. The van der Waals surface area contributed by atoms with Crippen LogP contribution in [0.25, 0.3) is 0 Å². The van der Waals surface area contributed by atoms with E-state index in [1.54, 1.807) is 24.3 Å². The van der Waals surface area contributed by atoms with Crippen molar-refractivity contribution in [1.29, 1.82) is 0 Å². The summed E-state index contributed by atoms with van der Waals surface area (Å²) in [6, 6.07) is 19.9. The highest BCUT2D eigenvalue weighted by Gasteiger charge is 2.17. The topological polar surface area (TPSA) is 111 Å². The smallest absolute Gasteiger partial charge is 0.411 e. The quantitative estimate of drug-likeness (QED) is 0.500. The van der Waals surface area contributed by atoms with E-state index in [1.165, 1.54) is 18.2 Å². The SMILES string of the molecule is NCc1cccc(NS(=O)(=O)c2cc(Cl)cc(NC(=O)OCc3ccccc3)c2)c1. The van der Waals surface area contributed by atoms with Crippen LogP contribution in [0.1, 0.15) is 11.1 Å². The largest absolute Gasteiger partial charge is 0.444 e. The zero-order valence-electron chi connectivity index (χ0n) is 15.8. The summed E-state index contributed by atoms with van der Waals surface area (Å²) < 4.78 is 33.1. The highest BCUT2D eigenvalue weighted by Crippen LogP contribution is 2.25. The van der Waals surface area contributed by atoms with Crippen molar-refractivity contribution in [2.45, 2.75) is 18.0 Å². The van der Waals surface area contributed by atoms with Crippen molar-refractivity contribution < 1.29 is 17.9 Å². The number of anilines is 2. The number of amides is 1. The lowest BCUT2D eigenvalue weighted by Crippen LogP contribution is -2.16. The molecule has 7 nitrogen and oxygen atoms in total. The van der Waals surface area contributed by atoms with E-state index in [9.17, 15) is 13.2 Å². The van der Waals surface area contributed by atoms with Crippen LogP contribution in [0.2, 0.25) is 5.02 Å². The number of sulfonamides is 1. The molecule has 30 heavy (non-hydrogen) atoms. The molecule has 0 fully saturated rings. The first kappa shape index (κ1) is 21.6. The van der Waals surface area contributed by atoms with Crippen LogP contribution >= 0.6 is 11.6 Å². The maximum absolute atomic E-state index is 12.8. The van der Waals surface area contributed by atoms with Gasteiger partial charge in [0, 0.05) is 22.9 Å². The van der Waals surface area contributed by atoms with Crippen molar-refractivity contribution in [3.8, 4) is 0 Å². The fourth-order valence-corrected chi connectivity index (χ4v) is 4.06. The Bertz CT molecular complexity index is 1140. The molecule has 0 atom stereocenters. The summed E-state index contributed by atoms with van der Waals surface area (Å²) in [5.41, 5.74) is 7.76. The van der Waals surface area contributed by atoms with Crippen LogP contribution in [0.4, 0.5) is 16.2 Å². The lowest BCUT2D eigenvalue weighted by atomic mass is 10.2. The Morgan fingerprint density at radius 2 is 1.67 bits per heavy atom. The van der Waals surface area contributed by atoms with Crippen LogP contribution in [0.5, 0.6) is 0 Å². The summed E-state index contributed by atoms with van der Waals surface area (Å²) in [6.07, 6.45) is -0.729. The first-order chi connectivity index (χ1) is 14.4. The van der Waals surface area contributed by atoms with E-state index < -0.39 is 16.1 Å². The number of nitrogens with two attached hydrogens (primary N) is 1. The highest BCUT2D eigenvalue weighted by molar-refractivity contribution is 7.92. The average Bonchev–Trinajstić information content (AvgIpc) is 2.72. The van der Waals surface area contributed by atoms with E-state index in [4.69, 9.17) is 22.1 Å². The van der Waals surface area contributed by atoms with Gasteiger partial charge in [0.25, 0.3) is 10.0 Å². The molecular weight excluding hydrogens is 426 g/mol. The van der Waals surface area contributed by atoms with Crippen LogP contribution in [-0.2, 0) is 27.9 Å². The third-order valence-electron chi connectivity index (χ3n) is 4.06. The van der Waals surface area contributed by atoms with Gasteiger partial charge in [0.2, 0.25) is 0 Å². The predicted octanol–water partition coefficient (Wildman–Crippen LogP) is 4.35. The number of halogens is 1. The molecule has 0 aromatic heterocycles. The van der Waals surface area contributed by atoms with E-state index in [0.717, 1.165) is 11.1 Å². The molecule has 3 rings (SSSR count). The minimum atomic E-state index is -3.94. The van der Waals surface area contributed by atoms with Crippen molar-refractivity contribution in [3.05, 3.63) is 88.9 Å². The van der Waals surface area contributed by atoms with E-state index in [0.29, 0.717) is 5.69 Å². The van der Waals surface area contributed by atoms with E-state index >= 15 is 0 Å². The molecule has 0 saturated carbocycles. The molecule has 0 heterocycles. The maximum atomic E-state index is 12.8. The molecule has 3 aromatic rings. The molecule has 0 aliphatic rings. The van der Waals surface area contributed by atoms with Crippen molar-refractivity contribution in [1.82, 2.24) is 0 Å². The Hall–Kier alpha value is -3.07. The van der Waals surface area contributed by atoms with Crippen molar-refractivity contribution in [2.75, 3.05) is 10.0 Å². The van der Waals surface area contributed by atoms with E-state index in [1.807, 2.05) is 30.3 Å². The molecule has 0 radical (unpaired) electrons. The Morgan fingerprint density at radius 1 is 0.933 bits per heavy atom. The van der Waals surface area contributed by atoms with Gasteiger partial charge in [0.1, 0.15) is 6.61 Å². The number of nitrogens with one attached hydrogen (secondary N) is 2. The molecule has 0 aliphatic heterocycles. The van der Waals surface area contributed by atoms with Crippen molar-refractivity contribution >= 4 is 39.1 Å². The monoisotopic (exact) mass is 445 g/mol. The first-order valence-corrected chi connectivity index (χ1v) is 10.8. The molecule has 1 amide bonds. The third-order valence-corrected chi connectivity index (χ3v) is 5.63. The number of benzene rings is 3. The second-order valence-corrected chi connectivity index (χ2v) is 8.49. The Morgan fingerprint density at radius 3 is 2.40 bits per heavy atom. The van der Waals surface area contributed by atoms with Gasteiger partial charge in [-0.05, 0) is 41.5 Å². The molecule has 0 unspecified atom stereocenters. The summed E-state index contributed by atoms with van der Waals surface area (Å²) >= 11 is 6.06. The minimum Gasteiger partial charge on any atom is -0.444 e. The maximum Gasteiger partial charge on any atom is 0.411 e. The van der Waals surface area contributed by atoms with Gasteiger partial charge in [-0.3, -0.25) is 10.0 Å². The van der Waals surface area contributed by atoms with Gasteiger partial charge >= 0.3 is 6.09 Å². The fourth-order valence-electron chi connectivity index (χ4n) is 2.64. The Labute approximate surface area is 179 Å². The van der Waals surface area contributed by atoms with Gasteiger partial charge in [-0.1, -0.05) is 54.1 Å². The molecule has 3 aromatic carbocycles. The van der Waals surface area contributed by atoms with Gasteiger partial charge in [-0.25, -0.2) is 13.2 Å². The molecule has 9 heteroatoms. The number of hydrogen-bond donors (Lipinski definition) is 3. The van der Waals surface area contributed by atoms with Crippen LogP contribution in [0, 0.1) is 0 Å². The lowest BCUT2D eigenvalue weighted by molar-refractivity contribution is 0.155. The zero-order chi connectivity index (χ0) is 21.6. The second kappa shape index (κ2) is 9.62. The molecular formula is C21H20ClN3O4S. The summed E-state index contributed by atoms with van der Waals surface area (Å²) in [5.74, 6) is 0. The highest BCUT2D eigenvalue weighted by atomic mass is 35.5. The molecule has 0 saturated heterocycles. The molecule has 0 aliphatic carbocycles.